The van der Waals surface area contributed by atoms with E-state index in [0.29, 0.717) is 23.7 Å². The Balaban J connectivity index is 1.63. The molecule has 21 heavy (non-hydrogen) atoms. The van der Waals surface area contributed by atoms with Crippen LogP contribution < -0.4 is 5.32 Å². The molecule has 0 aliphatic heterocycles. The zero-order valence-electron chi connectivity index (χ0n) is 11.8. The van der Waals surface area contributed by atoms with Gasteiger partial charge < -0.3 is 5.32 Å². The molecule has 0 saturated carbocycles. The van der Waals surface area contributed by atoms with Crippen molar-refractivity contribution in [1.82, 2.24) is 5.32 Å². The van der Waals surface area contributed by atoms with E-state index in [1.54, 1.807) is 12.1 Å². The third kappa shape index (κ3) is 3.12. The molecule has 1 aliphatic rings. The van der Waals surface area contributed by atoms with Gasteiger partial charge in [-0.15, -0.1) is 0 Å². The van der Waals surface area contributed by atoms with Gasteiger partial charge in [0, 0.05) is 18.2 Å². The van der Waals surface area contributed by atoms with E-state index < -0.39 is 0 Å². The van der Waals surface area contributed by atoms with Crippen LogP contribution in [0.4, 0.5) is 4.39 Å². The summed E-state index contributed by atoms with van der Waals surface area (Å²) in [5, 5.41) is 12.2. The molecule has 3 heteroatoms. The molecule has 106 valence electrons. The van der Waals surface area contributed by atoms with Crippen LogP contribution in [0.2, 0.25) is 0 Å². The minimum atomic E-state index is -0.308. The maximum atomic E-state index is 13.8. The molecule has 0 spiro atoms. The molecule has 1 aliphatic carbocycles. The normalized spacial score (nSPS) is 17.0. The second-order valence-corrected chi connectivity index (χ2v) is 5.51. The molecule has 0 radical (unpaired) electrons. The third-order valence-electron chi connectivity index (χ3n) is 4.11. The lowest BCUT2D eigenvalue weighted by Crippen LogP contribution is -2.34. The van der Waals surface area contributed by atoms with Gasteiger partial charge in [-0.05, 0) is 42.5 Å². The van der Waals surface area contributed by atoms with Gasteiger partial charge in [-0.25, -0.2) is 4.39 Å². The predicted octanol–water partition coefficient (Wildman–Crippen LogP) is 3.34. The van der Waals surface area contributed by atoms with E-state index in [-0.39, 0.29) is 5.82 Å². The van der Waals surface area contributed by atoms with Gasteiger partial charge in [0.1, 0.15) is 5.82 Å². The average Bonchev–Trinajstić information content (AvgIpc) is 2.53. The van der Waals surface area contributed by atoms with E-state index >= 15 is 0 Å². The van der Waals surface area contributed by atoms with Crippen molar-refractivity contribution in [3.8, 4) is 6.07 Å². The van der Waals surface area contributed by atoms with Gasteiger partial charge in [-0.1, -0.05) is 30.3 Å². The second kappa shape index (κ2) is 6.07. The Hall–Kier alpha value is -2.18. The Kier molecular flexibility index (Phi) is 3.98. The Labute approximate surface area is 124 Å². The molecule has 1 unspecified atom stereocenters. The Morgan fingerprint density at radius 3 is 2.76 bits per heavy atom. The zero-order valence-corrected chi connectivity index (χ0v) is 11.8. The van der Waals surface area contributed by atoms with E-state index in [1.165, 1.54) is 17.2 Å². The summed E-state index contributed by atoms with van der Waals surface area (Å²) in [4.78, 5) is 0. The standard InChI is InChI=1S/C18H17FN2/c19-18-9-13(11-20)5-6-16(18)12-21-17-8-7-14-3-1-2-4-15(14)10-17/h1-6,9,17,21H,7-8,10,12H2. The van der Waals surface area contributed by atoms with E-state index in [2.05, 4.69) is 29.6 Å². The lowest BCUT2D eigenvalue weighted by Gasteiger charge is -2.25. The minimum absolute atomic E-state index is 0.308. The Bertz CT molecular complexity index is 688. The molecule has 0 amide bonds. The minimum Gasteiger partial charge on any atom is -0.309 e. The summed E-state index contributed by atoms with van der Waals surface area (Å²) in [5.74, 6) is -0.308. The summed E-state index contributed by atoms with van der Waals surface area (Å²) in [5.41, 5.74) is 3.80. The molecule has 1 atom stereocenters. The molecule has 0 saturated heterocycles. The van der Waals surface area contributed by atoms with E-state index in [4.69, 9.17) is 5.26 Å². The Morgan fingerprint density at radius 1 is 1.19 bits per heavy atom. The van der Waals surface area contributed by atoms with Gasteiger partial charge in [0.25, 0.3) is 0 Å². The second-order valence-electron chi connectivity index (χ2n) is 5.51. The first-order chi connectivity index (χ1) is 10.3. The molecule has 2 aromatic carbocycles. The average molecular weight is 280 g/mol. The van der Waals surface area contributed by atoms with Crippen LogP contribution >= 0.6 is 0 Å². The quantitative estimate of drug-likeness (QED) is 0.936. The van der Waals surface area contributed by atoms with Crippen LogP contribution in [-0.4, -0.2) is 6.04 Å². The summed E-state index contributed by atoms with van der Waals surface area (Å²) in [6, 6.07) is 15.5. The maximum Gasteiger partial charge on any atom is 0.129 e. The van der Waals surface area contributed by atoms with Crippen molar-refractivity contribution in [3.05, 3.63) is 70.5 Å². The van der Waals surface area contributed by atoms with Crippen molar-refractivity contribution in [2.75, 3.05) is 0 Å². The van der Waals surface area contributed by atoms with Crippen LogP contribution in [-0.2, 0) is 19.4 Å². The first kappa shape index (κ1) is 13.8. The lowest BCUT2D eigenvalue weighted by atomic mass is 9.88. The van der Waals surface area contributed by atoms with Crippen LogP contribution in [0.25, 0.3) is 0 Å². The summed E-state index contributed by atoms with van der Waals surface area (Å²) in [7, 11) is 0. The van der Waals surface area contributed by atoms with Crippen molar-refractivity contribution >= 4 is 0 Å². The lowest BCUT2D eigenvalue weighted by molar-refractivity contribution is 0.451. The number of nitrogens with zero attached hydrogens (tertiary/aromatic N) is 1. The molecule has 0 bridgehead atoms. The fourth-order valence-electron chi connectivity index (χ4n) is 2.89. The van der Waals surface area contributed by atoms with Crippen LogP contribution in [0, 0.1) is 17.1 Å². The fourth-order valence-corrected chi connectivity index (χ4v) is 2.89. The highest BCUT2D eigenvalue weighted by atomic mass is 19.1. The van der Waals surface area contributed by atoms with E-state index in [9.17, 15) is 4.39 Å². The van der Waals surface area contributed by atoms with Crippen molar-refractivity contribution in [2.45, 2.75) is 31.8 Å². The number of hydrogen-bond donors (Lipinski definition) is 1. The highest BCUT2D eigenvalue weighted by Gasteiger charge is 2.18. The summed E-state index contributed by atoms with van der Waals surface area (Å²) < 4.78 is 13.8. The van der Waals surface area contributed by atoms with Gasteiger partial charge in [0.05, 0.1) is 11.6 Å². The molecule has 0 heterocycles. The number of hydrogen-bond acceptors (Lipinski definition) is 2. The molecule has 3 rings (SSSR count). The number of benzene rings is 2. The first-order valence-electron chi connectivity index (χ1n) is 7.25. The molecule has 2 aromatic rings. The van der Waals surface area contributed by atoms with E-state index in [1.807, 2.05) is 6.07 Å². The van der Waals surface area contributed by atoms with Crippen molar-refractivity contribution in [3.63, 3.8) is 0 Å². The topological polar surface area (TPSA) is 35.8 Å². The van der Waals surface area contributed by atoms with Gasteiger partial charge in [-0.3, -0.25) is 0 Å². The highest BCUT2D eigenvalue weighted by molar-refractivity contribution is 5.33. The predicted molar refractivity (Wildman–Crippen MR) is 80.2 cm³/mol. The number of halogens is 1. The van der Waals surface area contributed by atoms with E-state index in [0.717, 1.165) is 19.3 Å². The number of fused-ring (bicyclic) bond motifs is 1. The molecule has 0 aromatic heterocycles. The van der Waals surface area contributed by atoms with Crippen LogP contribution in [0.15, 0.2) is 42.5 Å². The zero-order chi connectivity index (χ0) is 14.7. The van der Waals surface area contributed by atoms with Crippen molar-refractivity contribution in [2.24, 2.45) is 0 Å². The van der Waals surface area contributed by atoms with Gasteiger partial charge in [0.2, 0.25) is 0 Å². The number of nitrogens with one attached hydrogen (secondary N) is 1. The van der Waals surface area contributed by atoms with Crippen molar-refractivity contribution < 1.29 is 4.39 Å². The maximum absolute atomic E-state index is 13.8. The smallest absolute Gasteiger partial charge is 0.129 e. The fraction of sp³-hybridized carbons (Fsp3) is 0.278. The molecular formula is C18H17FN2. The highest BCUT2D eigenvalue weighted by Crippen LogP contribution is 2.21. The largest absolute Gasteiger partial charge is 0.309 e. The molecule has 1 N–H and O–H groups in total. The molecule has 0 fully saturated rings. The van der Waals surface area contributed by atoms with Crippen LogP contribution in [0.3, 0.4) is 0 Å². The third-order valence-corrected chi connectivity index (χ3v) is 4.11. The summed E-state index contributed by atoms with van der Waals surface area (Å²) in [6.07, 6.45) is 3.15. The van der Waals surface area contributed by atoms with Crippen LogP contribution in [0.1, 0.15) is 28.7 Å². The monoisotopic (exact) mass is 280 g/mol. The number of aryl methyl sites for hydroxylation is 1. The Morgan fingerprint density at radius 2 is 2.00 bits per heavy atom. The summed E-state index contributed by atoms with van der Waals surface area (Å²) in [6.45, 7) is 0.504. The SMILES string of the molecule is N#Cc1ccc(CNC2CCc3ccccc3C2)c(F)c1. The molecule has 2 nitrogen and oxygen atoms in total. The summed E-state index contributed by atoms with van der Waals surface area (Å²) >= 11 is 0. The van der Waals surface area contributed by atoms with Gasteiger partial charge in [0.15, 0.2) is 0 Å². The van der Waals surface area contributed by atoms with Crippen LogP contribution in [0.5, 0.6) is 0 Å². The van der Waals surface area contributed by atoms with Gasteiger partial charge >= 0.3 is 0 Å². The number of rotatable bonds is 3. The molecular weight excluding hydrogens is 263 g/mol. The number of nitriles is 1. The first-order valence-corrected chi connectivity index (χ1v) is 7.25. The van der Waals surface area contributed by atoms with Crippen molar-refractivity contribution in [1.29, 1.82) is 5.26 Å². The van der Waals surface area contributed by atoms with Gasteiger partial charge in [-0.2, -0.15) is 5.26 Å².